The van der Waals surface area contributed by atoms with Gasteiger partial charge in [-0.05, 0) is 37.8 Å². The lowest BCUT2D eigenvalue weighted by atomic mass is 9.99. The molecule has 1 aromatic rings. The highest BCUT2D eigenvalue weighted by atomic mass is 32.2. The van der Waals surface area contributed by atoms with Gasteiger partial charge in [0.2, 0.25) is 0 Å². The van der Waals surface area contributed by atoms with E-state index in [0.29, 0.717) is 0 Å². The van der Waals surface area contributed by atoms with Crippen LogP contribution in [-0.4, -0.2) is 14.1 Å². The first-order chi connectivity index (χ1) is 9.18. The lowest BCUT2D eigenvalue weighted by Gasteiger charge is -2.11. The van der Waals surface area contributed by atoms with Gasteiger partial charge in [-0.15, -0.1) is 0 Å². The van der Waals surface area contributed by atoms with Crippen molar-refractivity contribution in [3.63, 3.8) is 0 Å². The van der Waals surface area contributed by atoms with Crippen LogP contribution in [0.2, 0.25) is 0 Å². The summed E-state index contributed by atoms with van der Waals surface area (Å²) in [6.07, 6.45) is 7.71. The zero-order valence-electron chi connectivity index (χ0n) is 11.0. The largest absolute Gasteiger partial charge is 0.276 e. The van der Waals surface area contributed by atoms with Crippen LogP contribution in [0.15, 0.2) is 40.3 Å². The second kappa shape index (κ2) is 6.70. The lowest BCUT2D eigenvalue weighted by molar-refractivity contribution is 0.581. The van der Waals surface area contributed by atoms with E-state index >= 15 is 0 Å². The molecular weight excluding hydrogens is 260 g/mol. The molecule has 0 aromatic heterocycles. The van der Waals surface area contributed by atoms with E-state index in [-0.39, 0.29) is 4.90 Å². The third kappa shape index (κ3) is 4.35. The van der Waals surface area contributed by atoms with E-state index in [4.69, 9.17) is 0 Å². The van der Waals surface area contributed by atoms with E-state index in [2.05, 4.69) is 9.93 Å². The van der Waals surface area contributed by atoms with Crippen LogP contribution in [0, 0.1) is 0 Å². The molecule has 0 saturated heterocycles. The predicted octanol–water partition coefficient (Wildman–Crippen LogP) is 3.07. The molecule has 1 aliphatic carbocycles. The minimum Gasteiger partial charge on any atom is -0.200 e. The smallest absolute Gasteiger partial charge is 0.200 e. The molecule has 1 aliphatic rings. The number of benzene rings is 1. The number of nitrogens with zero attached hydrogens (tertiary/aromatic N) is 1. The van der Waals surface area contributed by atoms with Gasteiger partial charge in [-0.3, -0.25) is 0 Å². The van der Waals surface area contributed by atoms with E-state index in [1.165, 1.54) is 19.3 Å². The Hall–Kier alpha value is -1.36. The van der Waals surface area contributed by atoms with E-state index < -0.39 is 10.0 Å². The molecule has 0 atom stereocenters. The van der Waals surface area contributed by atoms with Crippen molar-refractivity contribution >= 4 is 15.7 Å². The summed E-state index contributed by atoms with van der Waals surface area (Å²) in [5.74, 6) is 0. The Morgan fingerprint density at radius 2 is 1.47 bits per heavy atom. The summed E-state index contributed by atoms with van der Waals surface area (Å²) >= 11 is 0. The van der Waals surface area contributed by atoms with Crippen LogP contribution in [0.25, 0.3) is 0 Å². The number of sulfonamides is 1. The van der Waals surface area contributed by atoms with Crippen molar-refractivity contribution in [2.45, 2.75) is 49.8 Å². The van der Waals surface area contributed by atoms with Crippen molar-refractivity contribution in [2.75, 3.05) is 0 Å². The number of hydrazone groups is 1. The van der Waals surface area contributed by atoms with Gasteiger partial charge in [0.15, 0.2) is 0 Å². The van der Waals surface area contributed by atoms with Crippen molar-refractivity contribution in [1.29, 1.82) is 0 Å². The Kier molecular flexibility index (Phi) is 4.96. The molecule has 0 amide bonds. The summed E-state index contributed by atoms with van der Waals surface area (Å²) in [5.41, 5.74) is 0.971. The number of hydrogen-bond acceptors (Lipinski definition) is 3. The lowest BCUT2D eigenvalue weighted by Crippen LogP contribution is -2.20. The Balaban J connectivity index is 2.03. The van der Waals surface area contributed by atoms with Crippen LogP contribution in [-0.2, 0) is 10.0 Å². The van der Waals surface area contributed by atoms with Crippen LogP contribution >= 0.6 is 0 Å². The fourth-order valence-electron chi connectivity index (χ4n) is 2.20. The first-order valence-electron chi connectivity index (χ1n) is 6.81. The van der Waals surface area contributed by atoms with Gasteiger partial charge < -0.3 is 0 Å². The fraction of sp³-hybridized carbons (Fsp3) is 0.500. The Labute approximate surface area is 115 Å². The van der Waals surface area contributed by atoms with Gasteiger partial charge in [0.25, 0.3) is 10.0 Å². The minimum absolute atomic E-state index is 0.255. The molecule has 104 valence electrons. The molecule has 0 unspecified atom stereocenters. The molecule has 4 nitrogen and oxygen atoms in total. The van der Waals surface area contributed by atoms with E-state index in [0.717, 1.165) is 31.4 Å². The summed E-state index contributed by atoms with van der Waals surface area (Å²) in [6, 6.07) is 8.34. The number of hydrogen-bond donors (Lipinski definition) is 1. The molecule has 19 heavy (non-hydrogen) atoms. The molecule has 0 bridgehead atoms. The van der Waals surface area contributed by atoms with Crippen molar-refractivity contribution in [1.82, 2.24) is 4.83 Å². The molecule has 0 aliphatic heterocycles. The molecule has 2 rings (SSSR count). The van der Waals surface area contributed by atoms with Gasteiger partial charge in [0.1, 0.15) is 0 Å². The molecule has 1 saturated carbocycles. The van der Waals surface area contributed by atoms with E-state index in [1.54, 1.807) is 30.3 Å². The second-order valence-electron chi connectivity index (χ2n) is 4.85. The molecular formula is C14H20N2O2S. The Morgan fingerprint density at radius 3 is 2.11 bits per heavy atom. The molecule has 5 heteroatoms. The first kappa shape index (κ1) is 14.1. The van der Waals surface area contributed by atoms with Gasteiger partial charge in [0, 0.05) is 5.71 Å². The number of nitrogens with one attached hydrogen (secondary N) is 1. The van der Waals surface area contributed by atoms with Gasteiger partial charge in [-0.1, -0.05) is 37.5 Å². The van der Waals surface area contributed by atoms with Gasteiger partial charge in [-0.25, -0.2) is 4.83 Å². The first-order valence-corrected chi connectivity index (χ1v) is 8.29. The molecule has 0 radical (unpaired) electrons. The highest BCUT2D eigenvalue weighted by molar-refractivity contribution is 7.89. The van der Waals surface area contributed by atoms with Gasteiger partial charge in [0.05, 0.1) is 4.90 Å². The average molecular weight is 280 g/mol. The summed E-state index contributed by atoms with van der Waals surface area (Å²) in [5, 5.41) is 4.11. The average Bonchev–Trinajstić information content (AvgIpc) is 2.38. The highest BCUT2D eigenvalue weighted by Gasteiger charge is 2.12. The van der Waals surface area contributed by atoms with Crippen LogP contribution in [0.4, 0.5) is 0 Å². The maximum absolute atomic E-state index is 12.0. The summed E-state index contributed by atoms with van der Waals surface area (Å²) in [7, 11) is -3.52. The van der Waals surface area contributed by atoms with Crippen LogP contribution < -0.4 is 4.83 Å². The van der Waals surface area contributed by atoms with Crippen molar-refractivity contribution in [3.05, 3.63) is 30.3 Å². The molecule has 0 heterocycles. The third-order valence-electron chi connectivity index (χ3n) is 3.31. The normalized spacial score (nSPS) is 17.4. The molecule has 1 fully saturated rings. The monoisotopic (exact) mass is 280 g/mol. The Bertz CT molecular complexity index is 514. The fourth-order valence-corrected chi connectivity index (χ4v) is 3.07. The molecule has 0 spiro atoms. The zero-order chi connectivity index (χ0) is 13.6. The maximum Gasteiger partial charge on any atom is 0.276 e. The van der Waals surface area contributed by atoms with Crippen molar-refractivity contribution < 1.29 is 8.42 Å². The standard InChI is InChI=1S/C14H20N2O2S/c17-19(18,14-11-7-4-8-12-14)16-15-13-9-5-2-1-3-6-10-13/h4,7-8,11-12,16H,1-3,5-6,9-10H2. The Morgan fingerprint density at radius 1 is 0.895 bits per heavy atom. The van der Waals surface area contributed by atoms with Crippen molar-refractivity contribution in [3.8, 4) is 0 Å². The van der Waals surface area contributed by atoms with Crippen LogP contribution in [0.1, 0.15) is 44.9 Å². The second-order valence-corrected chi connectivity index (χ2v) is 6.51. The third-order valence-corrected chi connectivity index (χ3v) is 4.53. The summed E-state index contributed by atoms with van der Waals surface area (Å²) < 4.78 is 24.0. The highest BCUT2D eigenvalue weighted by Crippen LogP contribution is 2.15. The van der Waals surface area contributed by atoms with Crippen molar-refractivity contribution in [2.24, 2.45) is 5.10 Å². The number of rotatable bonds is 3. The van der Waals surface area contributed by atoms with E-state index in [1.807, 2.05) is 0 Å². The SMILES string of the molecule is O=S(=O)(NN=C1CCCCCCC1)c1ccccc1. The molecule has 1 N–H and O–H groups in total. The summed E-state index contributed by atoms with van der Waals surface area (Å²) in [4.78, 5) is 2.61. The zero-order valence-corrected chi connectivity index (χ0v) is 11.8. The minimum atomic E-state index is -3.52. The van der Waals surface area contributed by atoms with Crippen LogP contribution in [0.3, 0.4) is 0 Å². The van der Waals surface area contributed by atoms with Gasteiger partial charge >= 0.3 is 0 Å². The van der Waals surface area contributed by atoms with Gasteiger partial charge in [-0.2, -0.15) is 13.5 Å². The predicted molar refractivity (Wildman–Crippen MR) is 76.5 cm³/mol. The maximum atomic E-state index is 12.0. The molecule has 1 aromatic carbocycles. The topological polar surface area (TPSA) is 58.5 Å². The van der Waals surface area contributed by atoms with E-state index in [9.17, 15) is 8.42 Å². The van der Waals surface area contributed by atoms with Crippen LogP contribution in [0.5, 0.6) is 0 Å². The summed E-state index contributed by atoms with van der Waals surface area (Å²) in [6.45, 7) is 0. The quantitative estimate of drug-likeness (QED) is 0.865.